The third-order valence-corrected chi connectivity index (χ3v) is 3.23. The van der Waals surface area contributed by atoms with Crippen LogP contribution in [0.2, 0.25) is 0 Å². The maximum atomic E-state index is 12.3. The first-order chi connectivity index (χ1) is 8.07. The number of amides is 1. The number of nitrogens with zero attached hydrogens (tertiary/aromatic N) is 1. The summed E-state index contributed by atoms with van der Waals surface area (Å²) in [6.45, 7) is 6.14. The monoisotopic (exact) mass is 339 g/mol. The molecule has 0 N–H and O–H groups in total. The maximum Gasteiger partial charge on any atom is 0.259 e. The summed E-state index contributed by atoms with van der Waals surface area (Å²) in [7, 11) is 0. The predicted molar refractivity (Wildman–Crippen MR) is 78.5 cm³/mol. The molecule has 0 atom stereocenters. The van der Waals surface area contributed by atoms with Crippen molar-refractivity contribution < 1.29 is 4.79 Å². The first-order valence-corrected chi connectivity index (χ1v) is 6.31. The molecule has 0 spiro atoms. The average molecular weight is 339 g/mol. The SMILES string of the molecule is C#CCCN(C(=C)C)C(=O)c1ccccc1I. The van der Waals surface area contributed by atoms with E-state index in [1.54, 1.807) is 4.90 Å². The summed E-state index contributed by atoms with van der Waals surface area (Å²) in [6, 6.07) is 7.49. The number of carbonyl (C=O) groups is 1. The Labute approximate surface area is 116 Å². The first kappa shape index (κ1) is 13.8. The lowest BCUT2D eigenvalue weighted by Gasteiger charge is -2.22. The summed E-state index contributed by atoms with van der Waals surface area (Å²) in [5.41, 5.74) is 1.40. The Morgan fingerprint density at radius 2 is 2.18 bits per heavy atom. The van der Waals surface area contributed by atoms with Crippen LogP contribution in [0.25, 0.3) is 0 Å². The second kappa shape index (κ2) is 6.45. The second-order valence-corrected chi connectivity index (χ2v) is 4.79. The summed E-state index contributed by atoms with van der Waals surface area (Å²) in [5.74, 6) is 2.49. The molecule has 0 heterocycles. The zero-order valence-electron chi connectivity index (χ0n) is 9.74. The molecule has 0 aromatic heterocycles. The highest BCUT2D eigenvalue weighted by Crippen LogP contribution is 2.16. The van der Waals surface area contributed by atoms with Gasteiger partial charge in [-0.05, 0) is 41.6 Å². The van der Waals surface area contributed by atoms with Crippen LogP contribution in [-0.2, 0) is 0 Å². The van der Waals surface area contributed by atoms with Crippen molar-refractivity contribution in [1.29, 1.82) is 0 Å². The van der Waals surface area contributed by atoms with Gasteiger partial charge >= 0.3 is 0 Å². The number of hydrogen-bond donors (Lipinski definition) is 0. The van der Waals surface area contributed by atoms with E-state index in [9.17, 15) is 4.79 Å². The Morgan fingerprint density at radius 3 is 2.71 bits per heavy atom. The summed E-state index contributed by atoms with van der Waals surface area (Å²) in [5, 5.41) is 0. The highest BCUT2D eigenvalue weighted by molar-refractivity contribution is 14.1. The van der Waals surface area contributed by atoms with Crippen LogP contribution in [0.15, 0.2) is 36.5 Å². The summed E-state index contributed by atoms with van der Waals surface area (Å²) in [4.78, 5) is 13.9. The lowest BCUT2D eigenvalue weighted by Crippen LogP contribution is -2.30. The van der Waals surface area contributed by atoms with Crippen LogP contribution in [0.3, 0.4) is 0 Å². The summed E-state index contributed by atoms with van der Waals surface area (Å²) < 4.78 is 0.932. The maximum absolute atomic E-state index is 12.3. The highest BCUT2D eigenvalue weighted by atomic mass is 127. The first-order valence-electron chi connectivity index (χ1n) is 5.23. The molecule has 0 radical (unpaired) electrons. The van der Waals surface area contributed by atoms with Crippen LogP contribution in [0.4, 0.5) is 0 Å². The molecular weight excluding hydrogens is 325 g/mol. The Morgan fingerprint density at radius 1 is 1.53 bits per heavy atom. The van der Waals surface area contributed by atoms with Crippen LogP contribution < -0.4 is 0 Å². The van der Waals surface area contributed by atoms with Gasteiger partial charge in [0.2, 0.25) is 0 Å². The van der Waals surface area contributed by atoms with E-state index in [1.165, 1.54) is 0 Å². The lowest BCUT2D eigenvalue weighted by molar-refractivity contribution is 0.0808. The topological polar surface area (TPSA) is 20.3 Å². The zero-order chi connectivity index (χ0) is 12.8. The van der Waals surface area contributed by atoms with Crippen molar-refractivity contribution >= 4 is 28.5 Å². The van der Waals surface area contributed by atoms with E-state index in [0.717, 1.165) is 3.57 Å². The van der Waals surface area contributed by atoms with E-state index in [2.05, 4.69) is 35.1 Å². The molecule has 0 bridgehead atoms. The van der Waals surface area contributed by atoms with Gasteiger partial charge < -0.3 is 4.90 Å². The zero-order valence-corrected chi connectivity index (χ0v) is 11.9. The van der Waals surface area contributed by atoms with Crippen molar-refractivity contribution in [2.45, 2.75) is 13.3 Å². The molecule has 0 aliphatic carbocycles. The van der Waals surface area contributed by atoms with Crippen molar-refractivity contribution in [1.82, 2.24) is 4.90 Å². The molecule has 1 aromatic rings. The average Bonchev–Trinajstić information content (AvgIpc) is 2.29. The van der Waals surface area contributed by atoms with E-state index in [4.69, 9.17) is 6.42 Å². The molecule has 2 nitrogen and oxygen atoms in total. The number of allylic oxidation sites excluding steroid dienone is 1. The van der Waals surface area contributed by atoms with Crippen LogP contribution in [0, 0.1) is 15.9 Å². The van der Waals surface area contributed by atoms with Crippen molar-refractivity contribution in [2.75, 3.05) is 6.54 Å². The molecular formula is C14H14INO. The Hall–Kier alpha value is -1.28. The van der Waals surface area contributed by atoms with E-state index in [-0.39, 0.29) is 5.91 Å². The molecule has 1 amide bonds. The third kappa shape index (κ3) is 3.60. The lowest BCUT2D eigenvalue weighted by atomic mass is 10.2. The molecule has 88 valence electrons. The van der Waals surface area contributed by atoms with Gasteiger partial charge in [0, 0.05) is 22.2 Å². The fraction of sp³-hybridized carbons (Fsp3) is 0.214. The fourth-order valence-corrected chi connectivity index (χ4v) is 2.04. The van der Waals surface area contributed by atoms with Crippen molar-refractivity contribution in [3.63, 3.8) is 0 Å². The Kier molecular flexibility index (Phi) is 5.23. The summed E-state index contributed by atoms with van der Waals surface area (Å²) >= 11 is 2.15. The van der Waals surface area contributed by atoms with Gasteiger partial charge in [-0.15, -0.1) is 12.3 Å². The van der Waals surface area contributed by atoms with Gasteiger partial charge in [-0.25, -0.2) is 0 Å². The highest BCUT2D eigenvalue weighted by Gasteiger charge is 2.17. The van der Waals surface area contributed by atoms with Crippen LogP contribution in [0.1, 0.15) is 23.7 Å². The van der Waals surface area contributed by atoms with Gasteiger partial charge in [-0.1, -0.05) is 18.7 Å². The third-order valence-electron chi connectivity index (χ3n) is 2.29. The molecule has 17 heavy (non-hydrogen) atoms. The van der Waals surface area contributed by atoms with Crippen molar-refractivity contribution in [3.8, 4) is 12.3 Å². The van der Waals surface area contributed by atoms with Gasteiger partial charge in [0.25, 0.3) is 5.91 Å². The number of rotatable bonds is 4. The molecule has 0 fully saturated rings. The Balaban J connectivity index is 2.97. The molecule has 0 aliphatic heterocycles. The van der Waals surface area contributed by atoms with Crippen molar-refractivity contribution in [2.24, 2.45) is 0 Å². The minimum Gasteiger partial charge on any atom is -0.312 e. The number of halogens is 1. The number of benzene rings is 1. The predicted octanol–water partition coefficient (Wildman–Crippen LogP) is 3.29. The molecule has 3 heteroatoms. The molecule has 1 aromatic carbocycles. The van der Waals surface area contributed by atoms with Gasteiger partial charge in [0.15, 0.2) is 0 Å². The minimum atomic E-state index is -0.0437. The smallest absolute Gasteiger partial charge is 0.259 e. The van der Waals surface area contributed by atoms with E-state index in [1.807, 2.05) is 31.2 Å². The number of carbonyl (C=O) groups excluding carboxylic acids is 1. The van der Waals surface area contributed by atoms with Crippen LogP contribution in [0.5, 0.6) is 0 Å². The van der Waals surface area contributed by atoms with Crippen LogP contribution in [-0.4, -0.2) is 17.4 Å². The van der Waals surface area contributed by atoms with Crippen molar-refractivity contribution in [3.05, 3.63) is 45.7 Å². The largest absolute Gasteiger partial charge is 0.312 e. The molecule has 0 unspecified atom stereocenters. The minimum absolute atomic E-state index is 0.0437. The fourth-order valence-electron chi connectivity index (χ4n) is 1.42. The number of hydrogen-bond acceptors (Lipinski definition) is 1. The second-order valence-electron chi connectivity index (χ2n) is 3.63. The molecule has 0 saturated carbocycles. The molecule has 0 saturated heterocycles. The number of terminal acetylenes is 1. The van der Waals surface area contributed by atoms with Gasteiger partial charge in [-0.2, -0.15) is 0 Å². The normalized spacial score (nSPS) is 9.47. The van der Waals surface area contributed by atoms with Gasteiger partial charge in [-0.3, -0.25) is 4.79 Å². The molecule has 1 rings (SSSR count). The Bertz CT molecular complexity index is 473. The summed E-state index contributed by atoms with van der Waals surface area (Å²) in [6.07, 6.45) is 5.76. The van der Waals surface area contributed by atoms with Gasteiger partial charge in [0.05, 0.1) is 5.56 Å². The standard InChI is InChI=1S/C14H14INO/c1-4-5-10-16(11(2)3)14(17)12-8-6-7-9-13(12)15/h1,6-9H,2,5,10H2,3H3. The van der Waals surface area contributed by atoms with E-state index >= 15 is 0 Å². The van der Waals surface area contributed by atoms with Gasteiger partial charge in [0.1, 0.15) is 0 Å². The molecule has 0 aliphatic rings. The van der Waals surface area contributed by atoms with Crippen LogP contribution >= 0.6 is 22.6 Å². The quantitative estimate of drug-likeness (QED) is 0.609. The van der Waals surface area contributed by atoms with E-state index < -0.39 is 0 Å². The van der Waals surface area contributed by atoms with E-state index in [0.29, 0.717) is 24.2 Å².